The van der Waals surface area contributed by atoms with Gasteiger partial charge in [0.1, 0.15) is 0 Å². The molecule has 27 heavy (non-hydrogen) atoms. The molecule has 0 radical (unpaired) electrons. The molecule has 0 unspecified atom stereocenters. The normalized spacial score (nSPS) is 17.6. The monoisotopic (exact) mass is 408 g/mol. The standard InChI is InChI=1S/C19H25N3O3S2/c1-15-5-7-18(8-6-15)27(24,25)22-11-9-21(10-12-22)16(2)19(23)20-14-17-4-3-13-26-17/h3-8,13,16H,9-12,14H2,1-2H3,(H,20,23)/p+1/t16-/m0/s1. The second-order valence-corrected chi connectivity index (χ2v) is 9.86. The van der Waals surface area contributed by atoms with E-state index < -0.39 is 10.0 Å². The number of nitrogens with one attached hydrogen (secondary N) is 2. The lowest BCUT2D eigenvalue weighted by molar-refractivity contribution is -0.917. The number of nitrogens with zero attached hydrogens (tertiary/aromatic N) is 1. The SMILES string of the molecule is Cc1ccc(S(=O)(=O)N2CC[NH+]([C@@H](C)C(=O)NCc3cccs3)CC2)cc1. The van der Waals surface area contributed by atoms with Crippen molar-refractivity contribution in [2.45, 2.75) is 31.3 Å². The Morgan fingerprint density at radius 1 is 1.22 bits per heavy atom. The number of rotatable bonds is 6. The number of hydrogen-bond acceptors (Lipinski definition) is 4. The molecular weight excluding hydrogens is 382 g/mol. The average molecular weight is 409 g/mol. The van der Waals surface area contributed by atoms with Crippen LogP contribution in [0.4, 0.5) is 0 Å². The zero-order valence-corrected chi connectivity index (χ0v) is 17.3. The van der Waals surface area contributed by atoms with E-state index in [4.69, 9.17) is 0 Å². The Kier molecular flexibility index (Phi) is 6.31. The largest absolute Gasteiger partial charge is 0.346 e. The van der Waals surface area contributed by atoms with Crippen molar-refractivity contribution in [3.8, 4) is 0 Å². The minimum atomic E-state index is -3.47. The van der Waals surface area contributed by atoms with Crippen LogP contribution in [0, 0.1) is 6.92 Å². The first-order chi connectivity index (χ1) is 12.9. The number of carbonyl (C=O) groups is 1. The van der Waals surface area contributed by atoms with E-state index in [9.17, 15) is 13.2 Å². The number of benzene rings is 1. The third-order valence-electron chi connectivity index (χ3n) is 5.05. The summed E-state index contributed by atoms with van der Waals surface area (Å²) in [4.78, 5) is 15.0. The molecule has 0 saturated carbocycles. The maximum absolute atomic E-state index is 12.8. The first kappa shape index (κ1) is 20.0. The number of piperazine rings is 1. The number of thiophene rings is 1. The van der Waals surface area contributed by atoms with Crippen LogP contribution in [0.1, 0.15) is 17.4 Å². The highest BCUT2D eigenvalue weighted by atomic mass is 32.2. The van der Waals surface area contributed by atoms with Gasteiger partial charge in [0, 0.05) is 4.88 Å². The van der Waals surface area contributed by atoms with Gasteiger partial charge in [-0.15, -0.1) is 11.3 Å². The van der Waals surface area contributed by atoms with Gasteiger partial charge in [0.25, 0.3) is 5.91 Å². The van der Waals surface area contributed by atoms with E-state index in [2.05, 4.69) is 5.32 Å². The molecule has 1 atom stereocenters. The quantitative estimate of drug-likeness (QED) is 0.737. The number of carbonyl (C=O) groups excluding carboxylic acids is 1. The molecule has 2 heterocycles. The Hall–Kier alpha value is -1.74. The molecule has 1 saturated heterocycles. The molecule has 2 N–H and O–H groups in total. The fourth-order valence-electron chi connectivity index (χ4n) is 3.23. The van der Waals surface area contributed by atoms with Gasteiger partial charge in [-0.2, -0.15) is 4.31 Å². The highest BCUT2D eigenvalue weighted by Gasteiger charge is 2.34. The third kappa shape index (κ3) is 4.76. The van der Waals surface area contributed by atoms with Crippen LogP contribution in [0.5, 0.6) is 0 Å². The van der Waals surface area contributed by atoms with E-state index in [1.165, 1.54) is 4.31 Å². The molecule has 6 nitrogen and oxygen atoms in total. The number of quaternary nitrogens is 1. The lowest BCUT2D eigenvalue weighted by Gasteiger charge is -2.34. The number of hydrogen-bond donors (Lipinski definition) is 2. The van der Waals surface area contributed by atoms with Crippen molar-refractivity contribution in [3.63, 3.8) is 0 Å². The minimum Gasteiger partial charge on any atom is -0.346 e. The van der Waals surface area contributed by atoms with Crippen LogP contribution in [0.3, 0.4) is 0 Å². The highest BCUT2D eigenvalue weighted by molar-refractivity contribution is 7.89. The molecule has 3 rings (SSSR count). The van der Waals surface area contributed by atoms with Gasteiger partial charge in [0.15, 0.2) is 6.04 Å². The van der Waals surface area contributed by atoms with Gasteiger partial charge in [0.05, 0.1) is 37.6 Å². The lowest BCUT2D eigenvalue weighted by Crippen LogP contribution is -3.19. The van der Waals surface area contributed by atoms with E-state index in [0.717, 1.165) is 15.3 Å². The maximum Gasteiger partial charge on any atom is 0.278 e. The molecule has 1 fully saturated rings. The second-order valence-electron chi connectivity index (χ2n) is 6.89. The van der Waals surface area contributed by atoms with Crippen molar-refractivity contribution in [1.29, 1.82) is 0 Å². The maximum atomic E-state index is 12.8. The second kappa shape index (κ2) is 8.52. The minimum absolute atomic E-state index is 0.00763. The topological polar surface area (TPSA) is 70.9 Å². The van der Waals surface area contributed by atoms with E-state index >= 15 is 0 Å². The molecule has 146 valence electrons. The van der Waals surface area contributed by atoms with Crippen molar-refractivity contribution >= 4 is 27.3 Å². The first-order valence-electron chi connectivity index (χ1n) is 9.09. The van der Waals surface area contributed by atoms with Crippen molar-refractivity contribution in [1.82, 2.24) is 9.62 Å². The summed E-state index contributed by atoms with van der Waals surface area (Å²) in [6, 6.07) is 10.7. The van der Waals surface area contributed by atoms with Gasteiger partial charge in [-0.05, 0) is 37.4 Å². The van der Waals surface area contributed by atoms with E-state index in [0.29, 0.717) is 37.6 Å². The molecular formula is C19H26N3O3S2+. The van der Waals surface area contributed by atoms with Gasteiger partial charge in [-0.3, -0.25) is 4.79 Å². The molecule has 1 aromatic heterocycles. The highest BCUT2D eigenvalue weighted by Crippen LogP contribution is 2.16. The van der Waals surface area contributed by atoms with Crippen LogP contribution in [-0.2, 0) is 21.4 Å². The number of sulfonamides is 1. The van der Waals surface area contributed by atoms with Crippen LogP contribution in [0.15, 0.2) is 46.7 Å². The zero-order valence-electron chi connectivity index (χ0n) is 15.6. The summed E-state index contributed by atoms with van der Waals surface area (Å²) >= 11 is 1.62. The Bertz CT molecular complexity index is 856. The summed E-state index contributed by atoms with van der Waals surface area (Å²) in [5.41, 5.74) is 1.03. The van der Waals surface area contributed by atoms with E-state index in [1.54, 1.807) is 23.5 Å². The summed E-state index contributed by atoms with van der Waals surface area (Å²) < 4.78 is 27.1. The molecule has 1 aliphatic rings. The third-order valence-corrected chi connectivity index (χ3v) is 7.84. The zero-order chi connectivity index (χ0) is 19.4. The van der Waals surface area contributed by atoms with Crippen molar-refractivity contribution in [2.75, 3.05) is 26.2 Å². The van der Waals surface area contributed by atoms with Crippen LogP contribution >= 0.6 is 11.3 Å². The Labute approximate surface area is 164 Å². The fourth-order valence-corrected chi connectivity index (χ4v) is 5.32. The molecule has 1 amide bonds. The summed E-state index contributed by atoms with van der Waals surface area (Å²) in [7, 11) is -3.47. The summed E-state index contributed by atoms with van der Waals surface area (Å²) in [6.07, 6.45) is 0. The summed E-state index contributed by atoms with van der Waals surface area (Å²) in [5.74, 6) is 0.00763. The Balaban J connectivity index is 1.54. The molecule has 0 bridgehead atoms. The van der Waals surface area contributed by atoms with Gasteiger partial charge in [-0.25, -0.2) is 8.42 Å². The van der Waals surface area contributed by atoms with Gasteiger partial charge >= 0.3 is 0 Å². The van der Waals surface area contributed by atoms with Crippen molar-refractivity contribution < 1.29 is 18.1 Å². The predicted octanol–water partition coefficient (Wildman–Crippen LogP) is 0.651. The van der Waals surface area contributed by atoms with E-state index in [-0.39, 0.29) is 11.9 Å². The van der Waals surface area contributed by atoms with Crippen molar-refractivity contribution in [3.05, 3.63) is 52.2 Å². The Morgan fingerprint density at radius 3 is 2.48 bits per heavy atom. The summed E-state index contributed by atoms with van der Waals surface area (Å²) in [5, 5.41) is 4.96. The van der Waals surface area contributed by atoms with E-state index in [1.807, 2.05) is 43.5 Å². The van der Waals surface area contributed by atoms with Crippen LogP contribution in [0.2, 0.25) is 0 Å². The van der Waals surface area contributed by atoms with Crippen molar-refractivity contribution in [2.24, 2.45) is 0 Å². The number of amides is 1. The average Bonchev–Trinajstić information content (AvgIpc) is 3.19. The van der Waals surface area contributed by atoms with Crippen LogP contribution in [0.25, 0.3) is 0 Å². The fraction of sp³-hybridized carbons (Fsp3) is 0.421. The molecule has 1 aromatic carbocycles. The van der Waals surface area contributed by atoms with Gasteiger partial charge in [-0.1, -0.05) is 23.8 Å². The van der Waals surface area contributed by atoms with Gasteiger partial charge < -0.3 is 10.2 Å². The molecule has 8 heteroatoms. The first-order valence-corrected chi connectivity index (χ1v) is 11.4. The molecule has 1 aliphatic heterocycles. The molecule has 0 spiro atoms. The molecule has 2 aromatic rings. The van der Waals surface area contributed by atoms with Crippen LogP contribution in [-0.4, -0.2) is 50.9 Å². The van der Waals surface area contributed by atoms with Crippen LogP contribution < -0.4 is 10.2 Å². The lowest BCUT2D eigenvalue weighted by atomic mass is 10.2. The van der Waals surface area contributed by atoms with Gasteiger partial charge in [0.2, 0.25) is 10.0 Å². The molecule has 0 aliphatic carbocycles. The predicted molar refractivity (Wildman–Crippen MR) is 106 cm³/mol. The number of aryl methyl sites for hydroxylation is 1. The summed E-state index contributed by atoms with van der Waals surface area (Å²) in [6.45, 7) is 6.48. The Morgan fingerprint density at radius 2 is 1.89 bits per heavy atom. The smallest absolute Gasteiger partial charge is 0.278 e.